The minimum absolute atomic E-state index is 0.0186. The summed E-state index contributed by atoms with van der Waals surface area (Å²) in [4.78, 5) is 14.1. The molecule has 7 nitrogen and oxygen atoms in total. The molecule has 0 aliphatic rings. The van der Waals surface area contributed by atoms with Gasteiger partial charge in [-0.2, -0.15) is 5.10 Å². The number of nitrogens with two attached hydrogens (primary N) is 1. The molecule has 0 spiro atoms. The molecule has 0 aromatic carbocycles. The van der Waals surface area contributed by atoms with Gasteiger partial charge in [0.05, 0.1) is 12.2 Å². The summed E-state index contributed by atoms with van der Waals surface area (Å²) in [5, 5.41) is 16.0. The van der Waals surface area contributed by atoms with Crippen LogP contribution in [0.5, 0.6) is 0 Å². The summed E-state index contributed by atoms with van der Waals surface area (Å²) < 4.78 is 1.69. The van der Waals surface area contributed by atoms with E-state index in [0.29, 0.717) is 18.8 Å². The van der Waals surface area contributed by atoms with Crippen molar-refractivity contribution in [3.63, 3.8) is 0 Å². The van der Waals surface area contributed by atoms with E-state index in [1.54, 1.807) is 15.6 Å². The van der Waals surface area contributed by atoms with Crippen LogP contribution in [0, 0.1) is 0 Å². The van der Waals surface area contributed by atoms with E-state index >= 15 is 0 Å². The third-order valence-electron chi connectivity index (χ3n) is 2.97. The number of hydrogen-bond donors (Lipinski definition) is 2. The van der Waals surface area contributed by atoms with Gasteiger partial charge < -0.3 is 15.8 Å². The number of oxime groups is 1. The summed E-state index contributed by atoms with van der Waals surface area (Å²) in [7, 11) is 0. The highest BCUT2D eigenvalue weighted by molar-refractivity contribution is 5.95. The number of hydrogen-bond acceptors (Lipinski definition) is 4. The van der Waals surface area contributed by atoms with Gasteiger partial charge in [-0.25, -0.2) is 0 Å². The fraction of sp³-hybridized carbons (Fsp3) is 0.615. The van der Waals surface area contributed by atoms with Crippen molar-refractivity contribution in [2.75, 3.05) is 13.1 Å². The maximum Gasteiger partial charge on any atom is 0.272 e. The first-order valence-electron chi connectivity index (χ1n) is 6.89. The molecule has 112 valence electrons. The Morgan fingerprint density at radius 3 is 2.70 bits per heavy atom. The molecule has 0 fully saturated rings. The molecule has 3 N–H and O–H groups in total. The van der Waals surface area contributed by atoms with Gasteiger partial charge in [-0.3, -0.25) is 9.48 Å². The van der Waals surface area contributed by atoms with Crippen molar-refractivity contribution in [1.82, 2.24) is 14.7 Å². The molecule has 0 unspecified atom stereocenters. The zero-order chi connectivity index (χ0) is 15.1. The van der Waals surface area contributed by atoms with Crippen molar-refractivity contribution in [3.8, 4) is 0 Å². The third-order valence-corrected chi connectivity index (χ3v) is 2.97. The number of carbonyl (C=O) groups is 1. The Bertz CT molecular complexity index is 481. The first-order chi connectivity index (χ1) is 9.57. The normalized spacial score (nSPS) is 11.7. The van der Waals surface area contributed by atoms with Gasteiger partial charge in [-0.05, 0) is 25.8 Å². The molecule has 1 heterocycles. The molecule has 1 aromatic rings. The highest BCUT2D eigenvalue weighted by Crippen LogP contribution is 2.10. The Hall–Kier alpha value is -2.05. The smallest absolute Gasteiger partial charge is 0.272 e. The number of rotatable bonds is 7. The summed E-state index contributed by atoms with van der Waals surface area (Å²) in [5.41, 5.74) is 6.94. The molecule has 0 atom stereocenters. The van der Waals surface area contributed by atoms with Crippen molar-refractivity contribution in [3.05, 3.63) is 17.5 Å². The fourth-order valence-electron chi connectivity index (χ4n) is 1.97. The van der Waals surface area contributed by atoms with Crippen LogP contribution in [0.25, 0.3) is 0 Å². The third kappa shape index (κ3) is 3.72. The van der Waals surface area contributed by atoms with Crippen LogP contribution >= 0.6 is 0 Å². The predicted molar refractivity (Wildman–Crippen MR) is 76.9 cm³/mol. The SMILES string of the molecule is CCCN(CC(N)=NO)C(=O)c1cc(CC)nn1CC. The molecule has 0 aliphatic carbocycles. The van der Waals surface area contributed by atoms with Crippen molar-refractivity contribution in [2.45, 2.75) is 40.2 Å². The number of nitrogens with zero attached hydrogens (tertiary/aromatic N) is 4. The number of aromatic nitrogens is 2. The molecule has 1 aromatic heterocycles. The second-order valence-electron chi connectivity index (χ2n) is 4.51. The first-order valence-corrected chi connectivity index (χ1v) is 6.89. The topological polar surface area (TPSA) is 96.7 Å². The van der Waals surface area contributed by atoms with E-state index in [9.17, 15) is 4.79 Å². The molecule has 1 rings (SSSR count). The molecule has 0 bridgehead atoms. The van der Waals surface area contributed by atoms with Gasteiger partial charge in [0.2, 0.25) is 0 Å². The maximum absolute atomic E-state index is 12.6. The Labute approximate surface area is 119 Å². The quantitative estimate of drug-likeness (QED) is 0.338. The largest absolute Gasteiger partial charge is 0.409 e. The maximum atomic E-state index is 12.6. The van der Waals surface area contributed by atoms with E-state index in [1.807, 2.05) is 20.8 Å². The average Bonchev–Trinajstić information content (AvgIpc) is 2.89. The Balaban J connectivity index is 3.01. The Morgan fingerprint density at radius 1 is 1.50 bits per heavy atom. The highest BCUT2D eigenvalue weighted by atomic mass is 16.4. The zero-order valence-corrected chi connectivity index (χ0v) is 12.3. The molecule has 0 radical (unpaired) electrons. The standard InChI is InChI=1S/C13H23N5O2/c1-4-7-17(9-12(14)16-20)13(19)11-8-10(5-2)15-18(11)6-3/h8,20H,4-7,9H2,1-3H3,(H2,14,16). The van der Waals surface area contributed by atoms with Gasteiger partial charge >= 0.3 is 0 Å². The summed E-state index contributed by atoms with van der Waals surface area (Å²) in [6, 6.07) is 1.81. The van der Waals surface area contributed by atoms with Gasteiger partial charge in [-0.1, -0.05) is 19.0 Å². The molecule has 0 saturated carbocycles. The van der Waals surface area contributed by atoms with Gasteiger partial charge in [0.25, 0.3) is 5.91 Å². The van der Waals surface area contributed by atoms with Crippen LogP contribution < -0.4 is 5.73 Å². The fourth-order valence-corrected chi connectivity index (χ4v) is 1.97. The van der Waals surface area contributed by atoms with Gasteiger partial charge in [0, 0.05) is 13.1 Å². The average molecular weight is 281 g/mol. The predicted octanol–water partition coefficient (Wildman–Crippen LogP) is 1.06. The molecule has 0 aliphatic heterocycles. The Kier molecular flexibility index (Phi) is 6.02. The number of amidine groups is 1. The lowest BCUT2D eigenvalue weighted by Crippen LogP contribution is -2.40. The van der Waals surface area contributed by atoms with E-state index in [4.69, 9.17) is 10.9 Å². The minimum atomic E-state index is -0.146. The van der Waals surface area contributed by atoms with Gasteiger partial charge in [0.1, 0.15) is 5.69 Å². The van der Waals surface area contributed by atoms with E-state index in [2.05, 4.69) is 10.3 Å². The van der Waals surface area contributed by atoms with Crippen molar-refractivity contribution in [1.29, 1.82) is 0 Å². The monoisotopic (exact) mass is 281 g/mol. The summed E-state index contributed by atoms with van der Waals surface area (Å²) in [5.74, 6) is -0.127. The van der Waals surface area contributed by atoms with Crippen LogP contribution in [0.1, 0.15) is 43.4 Å². The minimum Gasteiger partial charge on any atom is -0.409 e. The van der Waals surface area contributed by atoms with Crippen molar-refractivity contribution >= 4 is 11.7 Å². The Morgan fingerprint density at radius 2 is 2.20 bits per heavy atom. The summed E-state index contributed by atoms with van der Waals surface area (Å²) >= 11 is 0. The van der Waals surface area contributed by atoms with E-state index in [0.717, 1.165) is 18.5 Å². The molecule has 7 heteroatoms. The second-order valence-corrected chi connectivity index (χ2v) is 4.51. The van der Waals surface area contributed by atoms with Crippen molar-refractivity contribution < 1.29 is 10.0 Å². The number of aryl methyl sites for hydroxylation is 2. The zero-order valence-electron chi connectivity index (χ0n) is 12.3. The molecular formula is C13H23N5O2. The van der Waals surface area contributed by atoms with Crippen molar-refractivity contribution in [2.24, 2.45) is 10.9 Å². The van der Waals surface area contributed by atoms with Crippen LogP contribution in [-0.2, 0) is 13.0 Å². The second kappa shape index (κ2) is 7.52. The molecule has 1 amide bonds. The van der Waals surface area contributed by atoms with E-state index < -0.39 is 0 Å². The molecule has 20 heavy (non-hydrogen) atoms. The van der Waals surface area contributed by atoms with E-state index in [-0.39, 0.29) is 18.3 Å². The van der Waals surface area contributed by atoms with Crippen LogP contribution in [0.4, 0.5) is 0 Å². The van der Waals surface area contributed by atoms with Crippen LogP contribution in [-0.4, -0.2) is 44.7 Å². The van der Waals surface area contributed by atoms with Crippen LogP contribution in [0.3, 0.4) is 0 Å². The summed E-state index contributed by atoms with van der Waals surface area (Å²) in [6.07, 6.45) is 1.58. The number of amides is 1. The lowest BCUT2D eigenvalue weighted by Gasteiger charge is -2.21. The van der Waals surface area contributed by atoms with Crippen LogP contribution in [0.2, 0.25) is 0 Å². The van der Waals surface area contributed by atoms with Gasteiger partial charge in [-0.15, -0.1) is 0 Å². The van der Waals surface area contributed by atoms with E-state index in [1.165, 1.54) is 0 Å². The lowest BCUT2D eigenvalue weighted by molar-refractivity contribution is 0.0766. The molecule has 0 saturated heterocycles. The lowest BCUT2D eigenvalue weighted by atomic mass is 10.2. The summed E-state index contributed by atoms with van der Waals surface area (Å²) in [6.45, 7) is 7.20. The van der Waals surface area contributed by atoms with Crippen LogP contribution in [0.15, 0.2) is 11.2 Å². The molecular weight excluding hydrogens is 258 g/mol. The highest BCUT2D eigenvalue weighted by Gasteiger charge is 2.21. The first kappa shape index (κ1) is 16.0. The number of carbonyl (C=O) groups excluding carboxylic acids is 1. The van der Waals surface area contributed by atoms with Gasteiger partial charge in [0.15, 0.2) is 5.84 Å².